The number of hydrogen-bond acceptors (Lipinski definition) is 4. The van der Waals surface area contributed by atoms with Crippen molar-refractivity contribution >= 4 is 23.2 Å². The van der Waals surface area contributed by atoms with Crippen LogP contribution in [0.4, 0.5) is 5.69 Å². The van der Waals surface area contributed by atoms with E-state index in [0.29, 0.717) is 5.56 Å². The highest BCUT2D eigenvalue weighted by Crippen LogP contribution is 2.23. The fourth-order valence-corrected chi connectivity index (χ4v) is 1.28. The summed E-state index contributed by atoms with van der Waals surface area (Å²) in [5.74, 6) is -0.00900. The number of nitro groups is 1. The molecule has 0 amide bonds. The molecule has 0 aromatic carbocycles. The number of nitrogens with zero attached hydrogens (tertiary/aromatic N) is 6. The molecule has 0 bridgehead atoms. The van der Waals surface area contributed by atoms with E-state index < -0.39 is 5.03 Å². The maximum atomic E-state index is 10.2. The Morgan fingerprint density at radius 3 is 3.05 bits per heavy atom. The minimum absolute atomic E-state index is 0.00900. The number of hydrogen-bond donors (Lipinski definition) is 2. The summed E-state index contributed by atoms with van der Waals surface area (Å²) in [7, 11) is 1.49. The maximum Gasteiger partial charge on any atom is 0.268 e. The van der Waals surface area contributed by atoms with Crippen molar-refractivity contribution in [2.45, 2.75) is 6.54 Å². The minimum atomic E-state index is -0.829. The molecule has 2 N–H and O–H groups in total. The Balaban J connectivity index is 2.80. The zero-order valence-corrected chi connectivity index (χ0v) is 10.5. The summed E-state index contributed by atoms with van der Waals surface area (Å²) in [5.41, 5.74) is 9.15. The van der Waals surface area contributed by atoms with Crippen molar-refractivity contribution in [2.75, 3.05) is 7.05 Å². The SMILES string of the molecule is CN/C(=N\[N+](=O)[O-])NCc1cnc(Cl)c(N=[N+]=[N-])c1. The zero-order chi connectivity index (χ0) is 14.3. The molecular formula is C8H9ClN8O2. The van der Waals surface area contributed by atoms with Crippen LogP contribution in [-0.2, 0) is 6.54 Å². The molecule has 1 aromatic rings. The quantitative estimate of drug-likeness (QED) is 0.126. The lowest BCUT2D eigenvalue weighted by atomic mass is 10.2. The van der Waals surface area contributed by atoms with Crippen LogP contribution in [-0.4, -0.2) is 23.0 Å². The van der Waals surface area contributed by atoms with Gasteiger partial charge in [-0.1, -0.05) is 16.7 Å². The number of nitrogens with one attached hydrogen (secondary N) is 2. The van der Waals surface area contributed by atoms with Crippen LogP contribution < -0.4 is 10.6 Å². The van der Waals surface area contributed by atoms with Gasteiger partial charge in [-0.3, -0.25) is 0 Å². The van der Waals surface area contributed by atoms with Crippen LogP contribution in [0.25, 0.3) is 10.4 Å². The van der Waals surface area contributed by atoms with E-state index in [2.05, 4.69) is 30.7 Å². The summed E-state index contributed by atoms with van der Waals surface area (Å²) >= 11 is 5.71. The van der Waals surface area contributed by atoms with E-state index in [1.165, 1.54) is 19.3 Å². The highest BCUT2D eigenvalue weighted by molar-refractivity contribution is 6.31. The molecule has 0 saturated heterocycles. The smallest absolute Gasteiger partial charge is 0.268 e. The number of guanidine groups is 1. The molecule has 0 aliphatic carbocycles. The first-order chi connectivity index (χ1) is 9.06. The standard InChI is InChI=1S/C8H9ClN8O2/c1-11-8(15-17(18)19)13-4-5-2-6(14-16-10)7(9)12-3-5/h2-3H,4H2,1H3,(H2,11,13,15). The molecule has 0 aliphatic rings. The predicted octanol–water partition coefficient (Wildman–Crippen LogP) is 1.53. The van der Waals surface area contributed by atoms with Crippen LogP contribution in [0.1, 0.15) is 5.56 Å². The van der Waals surface area contributed by atoms with Gasteiger partial charge in [-0.25, -0.2) is 15.1 Å². The third-order valence-electron chi connectivity index (χ3n) is 1.91. The van der Waals surface area contributed by atoms with Crippen LogP contribution in [0.15, 0.2) is 22.5 Å². The Morgan fingerprint density at radius 2 is 2.47 bits per heavy atom. The van der Waals surface area contributed by atoms with Gasteiger partial charge in [0.05, 0.1) is 5.69 Å². The highest BCUT2D eigenvalue weighted by Gasteiger charge is 2.05. The van der Waals surface area contributed by atoms with Crippen molar-refractivity contribution in [2.24, 2.45) is 10.2 Å². The number of hydrazone groups is 1. The zero-order valence-electron chi connectivity index (χ0n) is 9.74. The number of aromatic nitrogens is 1. The second-order valence-electron chi connectivity index (χ2n) is 3.13. The molecule has 100 valence electrons. The van der Waals surface area contributed by atoms with Crippen LogP contribution in [0, 0.1) is 10.1 Å². The molecule has 11 heteroatoms. The van der Waals surface area contributed by atoms with E-state index in [-0.39, 0.29) is 23.3 Å². The van der Waals surface area contributed by atoms with Crippen LogP contribution in [0.5, 0.6) is 0 Å². The summed E-state index contributed by atoms with van der Waals surface area (Å²) in [6.45, 7) is 0.200. The molecule has 1 aromatic heterocycles. The molecule has 0 unspecified atom stereocenters. The summed E-state index contributed by atoms with van der Waals surface area (Å²) in [4.78, 5) is 16.7. The molecule has 1 rings (SSSR count). The van der Waals surface area contributed by atoms with Crippen molar-refractivity contribution in [1.29, 1.82) is 0 Å². The van der Waals surface area contributed by atoms with Gasteiger partial charge in [-0.15, -0.1) is 0 Å². The van der Waals surface area contributed by atoms with E-state index in [4.69, 9.17) is 17.1 Å². The van der Waals surface area contributed by atoms with Gasteiger partial charge in [0, 0.05) is 24.7 Å². The molecule has 0 aliphatic heterocycles. The second-order valence-corrected chi connectivity index (χ2v) is 3.49. The normalized spacial score (nSPS) is 10.5. The van der Waals surface area contributed by atoms with Gasteiger partial charge in [-0.05, 0) is 17.2 Å². The lowest BCUT2D eigenvalue weighted by Gasteiger charge is -2.06. The van der Waals surface area contributed by atoms with Gasteiger partial charge in [0.15, 0.2) is 5.03 Å². The molecule has 0 saturated carbocycles. The average Bonchev–Trinajstić information content (AvgIpc) is 2.37. The molecule has 10 nitrogen and oxygen atoms in total. The molecule has 1 heterocycles. The molecular weight excluding hydrogens is 276 g/mol. The van der Waals surface area contributed by atoms with Crippen molar-refractivity contribution in [1.82, 2.24) is 15.6 Å². The Labute approximate surface area is 112 Å². The fourth-order valence-electron chi connectivity index (χ4n) is 1.13. The van der Waals surface area contributed by atoms with Gasteiger partial charge in [-0.2, -0.15) is 0 Å². The van der Waals surface area contributed by atoms with Crippen molar-refractivity contribution in [3.8, 4) is 0 Å². The first-order valence-corrected chi connectivity index (χ1v) is 5.28. The van der Waals surface area contributed by atoms with Crippen LogP contribution >= 0.6 is 11.6 Å². The third kappa shape index (κ3) is 4.66. The van der Waals surface area contributed by atoms with Crippen LogP contribution in [0.3, 0.4) is 0 Å². The molecule has 0 atom stereocenters. The monoisotopic (exact) mass is 284 g/mol. The number of pyridine rings is 1. The van der Waals surface area contributed by atoms with Crippen LogP contribution in [0.2, 0.25) is 5.15 Å². The summed E-state index contributed by atoms with van der Waals surface area (Å²) in [6, 6.07) is 1.52. The van der Waals surface area contributed by atoms with Crippen molar-refractivity contribution < 1.29 is 5.03 Å². The lowest BCUT2D eigenvalue weighted by Crippen LogP contribution is -2.35. The fraction of sp³-hybridized carbons (Fsp3) is 0.250. The second kappa shape index (κ2) is 6.99. The minimum Gasteiger partial charge on any atom is -0.354 e. The van der Waals surface area contributed by atoms with Gasteiger partial charge in [0.25, 0.3) is 5.96 Å². The lowest BCUT2D eigenvalue weighted by molar-refractivity contribution is -0.485. The van der Waals surface area contributed by atoms with Gasteiger partial charge >= 0.3 is 0 Å². The molecule has 0 fully saturated rings. The van der Waals surface area contributed by atoms with Gasteiger partial charge in [0.2, 0.25) is 0 Å². The average molecular weight is 285 g/mol. The van der Waals surface area contributed by atoms with E-state index in [9.17, 15) is 10.1 Å². The van der Waals surface area contributed by atoms with E-state index in [1.807, 2.05) is 0 Å². The number of rotatable bonds is 4. The predicted molar refractivity (Wildman–Crippen MR) is 68.4 cm³/mol. The van der Waals surface area contributed by atoms with Crippen molar-refractivity contribution in [3.63, 3.8) is 0 Å². The summed E-state index contributed by atoms with van der Waals surface area (Å²) in [5, 5.41) is 21.1. The maximum absolute atomic E-state index is 10.2. The number of azide groups is 1. The molecule has 0 spiro atoms. The van der Waals surface area contributed by atoms with Crippen molar-refractivity contribution in [3.05, 3.63) is 43.5 Å². The summed E-state index contributed by atoms with van der Waals surface area (Å²) < 4.78 is 0. The van der Waals surface area contributed by atoms with E-state index in [0.717, 1.165) is 0 Å². The Morgan fingerprint density at radius 1 is 1.74 bits per heavy atom. The van der Waals surface area contributed by atoms with Gasteiger partial charge < -0.3 is 10.6 Å². The first kappa shape index (κ1) is 14.5. The molecule has 19 heavy (non-hydrogen) atoms. The van der Waals surface area contributed by atoms with E-state index in [1.54, 1.807) is 0 Å². The third-order valence-corrected chi connectivity index (χ3v) is 2.20. The first-order valence-electron chi connectivity index (χ1n) is 4.91. The topological polar surface area (TPSA) is 141 Å². The van der Waals surface area contributed by atoms with Gasteiger partial charge in [0.1, 0.15) is 10.3 Å². The van der Waals surface area contributed by atoms with E-state index >= 15 is 0 Å². The largest absolute Gasteiger partial charge is 0.354 e. The number of halogens is 1. The Kier molecular flexibility index (Phi) is 5.33. The summed E-state index contributed by atoms with van der Waals surface area (Å²) in [6.07, 6.45) is 1.45. The Hall–Kier alpha value is -2.58. The molecule has 0 radical (unpaired) electrons. The highest BCUT2D eigenvalue weighted by atomic mass is 35.5. The Bertz CT molecular complexity index is 554.